The SMILES string of the molecule is Cc1cc(NCC(C)O)ccc1C(=O)O. The number of hydrogen-bond acceptors (Lipinski definition) is 3. The van der Waals surface area contributed by atoms with Gasteiger partial charge < -0.3 is 15.5 Å². The molecule has 4 nitrogen and oxygen atoms in total. The molecule has 0 heterocycles. The Hall–Kier alpha value is -1.55. The maximum Gasteiger partial charge on any atom is 0.335 e. The summed E-state index contributed by atoms with van der Waals surface area (Å²) in [6, 6.07) is 5.01. The van der Waals surface area contributed by atoms with Gasteiger partial charge in [0.15, 0.2) is 0 Å². The van der Waals surface area contributed by atoms with Gasteiger partial charge in [0.2, 0.25) is 0 Å². The van der Waals surface area contributed by atoms with Gasteiger partial charge in [-0.25, -0.2) is 4.79 Å². The Balaban J connectivity index is 2.78. The summed E-state index contributed by atoms with van der Waals surface area (Å²) in [5.41, 5.74) is 1.83. The monoisotopic (exact) mass is 209 g/mol. The second kappa shape index (κ2) is 4.79. The molecule has 0 spiro atoms. The van der Waals surface area contributed by atoms with Crippen molar-refractivity contribution in [3.05, 3.63) is 29.3 Å². The number of carboxylic acid groups (broad SMARTS) is 1. The number of nitrogens with one attached hydrogen (secondary N) is 1. The average molecular weight is 209 g/mol. The van der Waals surface area contributed by atoms with E-state index in [-0.39, 0.29) is 0 Å². The van der Waals surface area contributed by atoms with Gasteiger partial charge in [-0.3, -0.25) is 0 Å². The molecular weight excluding hydrogens is 194 g/mol. The minimum atomic E-state index is -0.922. The molecule has 1 aromatic rings. The summed E-state index contributed by atoms with van der Waals surface area (Å²) in [5, 5.41) is 20.9. The van der Waals surface area contributed by atoms with Gasteiger partial charge in [-0.05, 0) is 37.6 Å². The molecule has 0 aliphatic carbocycles. The van der Waals surface area contributed by atoms with Gasteiger partial charge in [0, 0.05) is 12.2 Å². The standard InChI is InChI=1S/C11H15NO3/c1-7-5-9(12-6-8(2)13)3-4-10(7)11(14)15/h3-5,8,12-13H,6H2,1-2H3,(H,14,15). The van der Waals surface area contributed by atoms with Crippen LogP contribution in [0.15, 0.2) is 18.2 Å². The second-order valence-electron chi connectivity index (χ2n) is 3.56. The van der Waals surface area contributed by atoms with E-state index in [0.29, 0.717) is 17.7 Å². The number of rotatable bonds is 4. The number of aromatic carboxylic acids is 1. The van der Waals surface area contributed by atoms with Gasteiger partial charge in [0.05, 0.1) is 11.7 Å². The number of aliphatic hydroxyl groups excluding tert-OH is 1. The lowest BCUT2D eigenvalue weighted by Gasteiger charge is -2.10. The van der Waals surface area contributed by atoms with Crippen LogP contribution in [0.4, 0.5) is 5.69 Å². The van der Waals surface area contributed by atoms with Crippen LogP contribution < -0.4 is 5.32 Å². The quantitative estimate of drug-likeness (QED) is 0.702. The van der Waals surface area contributed by atoms with E-state index in [2.05, 4.69) is 5.32 Å². The summed E-state index contributed by atoms with van der Waals surface area (Å²) in [6.07, 6.45) is -0.426. The van der Waals surface area contributed by atoms with Gasteiger partial charge in [0.25, 0.3) is 0 Å². The Bertz CT molecular complexity index is 361. The molecule has 1 aromatic carbocycles. The summed E-state index contributed by atoms with van der Waals surface area (Å²) < 4.78 is 0. The molecule has 1 unspecified atom stereocenters. The highest BCUT2D eigenvalue weighted by Crippen LogP contribution is 2.15. The van der Waals surface area contributed by atoms with Crippen LogP contribution in [0.5, 0.6) is 0 Å². The maximum atomic E-state index is 10.7. The summed E-state index contributed by atoms with van der Waals surface area (Å²) in [7, 11) is 0. The van der Waals surface area contributed by atoms with Crippen molar-refractivity contribution >= 4 is 11.7 Å². The maximum absolute atomic E-state index is 10.7. The molecule has 4 heteroatoms. The lowest BCUT2D eigenvalue weighted by molar-refractivity contribution is 0.0696. The van der Waals surface area contributed by atoms with Crippen LogP contribution in [0.1, 0.15) is 22.8 Å². The third-order valence-electron chi connectivity index (χ3n) is 2.06. The van der Waals surface area contributed by atoms with Crippen LogP contribution in [0.25, 0.3) is 0 Å². The first kappa shape index (κ1) is 11.5. The summed E-state index contributed by atoms with van der Waals surface area (Å²) >= 11 is 0. The topological polar surface area (TPSA) is 69.6 Å². The molecule has 0 fully saturated rings. The summed E-state index contributed by atoms with van der Waals surface area (Å²) in [4.78, 5) is 10.7. The predicted octanol–water partition coefficient (Wildman–Crippen LogP) is 1.49. The van der Waals surface area contributed by atoms with E-state index in [1.807, 2.05) is 0 Å². The first-order valence-corrected chi connectivity index (χ1v) is 4.76. The third kappa shape index (κ3) is 3.25. The van der Waals surface area contributed by atoms with E-state index in [1.165, 1.54) is 0 Å². The molecular formula is C11H15NO3. The van der Waals surface area contributed by atoms with Crippen molar-refractivity contribution in [2.75, 3.05) is 11.9 Å². The molecule has 15 heavy (non-hydrogen) atoms. The normalized spacial score (nSPS) is 12.2. The molecule has 0 bridgehead atoms. The highest BCUT2D eigenvalue weighted by atomic mass is 16.4. The van der Waals surface area contributed by atoms with Gasteiger partial charge >= 0.3 is 5.97 Å². The van der Waals surface area contributed by atoms with E-state index in [0.717, 1.165) is 5.69 Å². The molecule has 0 saturated heterocycles. The molecule has 0 saturated carbocycles. The van der Waals surface area contributed by atoms with Crippen molar-refractivity contribution in [3.8, 4) is 0 Å². The van der Waals surface area contributed by atoms with Crippen molar-refractivity contribution in [3.63, 3.8) is 0 Å². The number of carboxylic acids is 1. The number of aliphatic hydroxyl groups is 1. The van der Waals surface area contributed by atoms with Gasteiger partial charge in [0.1, 0.15) is 0 Å². The molecule has 3 N–H and O–H groups in total. The zero-order valence-electron chi connectivity index (χ0n) is 8.82. The minimum Gasteiger partial charge on any atom is -0.478 e. The Morgan fingerprint density at radius 2 is 2.20 bits per heavy atom. The van der Waals surface area contributed by atoms with Gasteiger partial charge in [-0.2, -0.15) is 0 Å². The van der Waals surface area contributed by atoms with E-state index in [1.54, 1.807) is 32.0 Å². The average Bonchev–Trinajstić information content (AvgIpc) is 2.14. The molecule has 0 aliphatic heterocycles. The number of anilines is 1. The second-order valence-corrected chi connectivity index (χ2v) is 3.56. The van der Waals surface area contributed by atoms with Crippen LogP contribution in [0, 0.1) is 6.92 Å². The van der Waals surface area contributed by atoms with E-state index >= 15 is 0 Å². The molecule has 1 rings (SSSR count). The van der Waals surface area contributed by atoms with Crippen LogP contribution in [-0.4, -0.2) is 28.8 Å². The van der Waals surface area contributed by atoms with E-state index < -0.39 is 12.1 Å². The van der Waals surface area contributed by atoms with Gasteiger partial charge in [-0.1, -0.05) is 0 Å². The van der Waals surface area contributed by atoms with Crippen molar-refractivity contribution < 1.29 is 15.0 Å². The zero-order chi connectivity index (χ0) is 11.4. The lowest BCUT2D eigenvalue weighted by atomic mass is 10.1. The summed E-state index contributed by atoms with van der Waals surface area (Å²) in [6.45, 7) is 3.88. The van der Waals surface area contributed by atoms with Crippen molar-refractivity contribution in [2.24, 2.45) is 0 Å². The Labute approximate surface area is 88.6 Å². The molecule has 0 aliphatic rings. The number of benzene rings is 1. The highest BCUT2D eigenvalue weighted by molar-refractivity contribution is 5.89. The minimum absolute atomic E-state index is 0.303. The third-order valence-corrected chi connectivity index (χ3v) is 2.06. The lowest BCUT2D eigenvalue weighted by Crippen LogP contribution is -2.15. The largest absolute Gasteiger partial charge is 0.478 e. The van der Waals surface area contributed by atoms with Crippen LogP contribution >= 0.6 is 0 Å². The van der Waals surface area contributed by atoms with Crippen molar-refractivity contribution in [2.45, 2.75) is 20.0 Å². The van der Waals surface area contributed by atoms with Crippen LogP contribution in [-0.2, 0) is 0 Å². The zero-order valence-corrected chi connectivity index (χ0v) is 8.82. The predicted molar refractivity (Wildman–Crippen MR) is 58.3 cm³/mol. The molecule has 0 aromatic heterocycles. The van der Waals surface area contributed by atoms with E-state index in [4.69, 9.17) is 10.2 Å². The Morgan fingerprint density at radius 3 is 2.67 bits per heavy atom. The number of carbonyl (C=O) groups is 1. The first-order valence-electron chi connectivity index (χ1n) is 4.76. The number of hydrogen-bond donors (Lipinski definition) is 3. The van der Waals surface area contributed by atoms with Crippen molar-refractivity contribution in [1.29, 1.82) is 0 Å². The number of aryl methyl sites for hydroxylation is 1. The molecule has 1 atom stereocenters. The van der Waals surface area contributed by atoms with Gasteiger partial charge in [-0.15, -0.1) is 0 Å². The van der Waals surface area contributed by atoms with Crippen LogP contribution in [0.3, 0.4) is 0 Å². The highest BCUT2D eigenvalue weighted by Gasteiger charge is 2.06. The van der Waals surface area contributed by atoms with Crippen molar-refractivity contribution in [1.82, 2.24) is 0 Å². The van der Waals surface area contributed by atoms with Crippen LogP contribution in [0.2, 0.25) is 0 Å². The summed E-state index contributed by atoms with van der Waals surface area (Å²) in [5.74, 6) is -0.922. The first-order chi connectivity index (χ1) is 7.00. The fraction of sp³-hybridized carbons (Fsp3) is 0.364. The molecule has 0 amide bonds. The Morgan fingerprint density at radius 1 is 1.53 bits per heavy atom. The Kier molecular flexibility index (Phi) is 3.68. The fourth-order valence-electron chi connectivity index (χ4n) is 1.28. The fourth-order valence-corrected chi connectivity index (χ4v) is 1.28. The molecule has 0 radical (unpaired) electrons. The smallest absolute Gasteiger partial charge is 0.335 e. The molecule has 82 valence electrons. The van der Waals surface area contributed by atoms with E-state index in [9.17, 15) is 4.79 Å².